The Balaban J connectivity index is 2.34. The number of nitrogens with one attached hydrogen (secondary N) is 2. The Labute approximate surface area is 92.2 Å². The number of amides is 2. The summed E-state index contributed by atoms with van der Waals surface area (Å²) in [6.45, 7) is 0.310. The molecule has 1 aliphatic rings. The highest BCUT2D eigenvalue weighted by Gasteiger charge is 2.29. The van der Waals surface area contributed by atoms with Gasteiger partial charge in [0.15, 0.2) is 0 Å². The summed E-state index contributed by atoms with van der Waals surface area (Å²) in [7, 11) is 1.53. The first-order valence-electron chi connectivity index (χ1n) is 5.18. The molecule has 7 heteroatoms. The van der Waals surface area contributed by atoms with Crippen LogP contribution in [0.25, 0.3) is 0 Å². The first-order chi connectivity index (χ1) is 7.40. The van der Waals surface area contributed by atoms with Crippen LogP contribution < -0.4 is 10.6 Å². The van der Waals surface area contributed by atoms with E-state index in [1.54, 1.807) is 0 Å². The van der Waals surface area contributed by atoms with Crippen molar-refractivity contribution in [2.24, 2.45) is 0 Å². The van der Waals surface area contributed by atoms with E-state index < -0.39 is 18.8 Å². The molecule has 1 saturated heterocycles. The molecule has 0 unspecified atom stereocenters. The molecule has 1 heterocycles. The van der Waals surface area contributed by atoms with Crippen LogP contribution in [0.1, 0.15) is 12.8 Å². The lowest BCUT2D eigenvalue weighted by Crippen LogP contribution is -2.49. The third-order valence-electron chi connectivity index (χ3n) is 2.62. The molecule has 0 spiro atoms. The summed E-state index contributed by atoms with van der Waals surface area (Å²) >= 11 is 0. The van der Waals surface area contributed by atoms with Crippen molar-refractivity contribution in [3.63, 3.8) is 0 Å². The molecular weight excluding hydrogens is 223 g/mol. The van der Waals surface area contributed by atoms with Crippen LogP contribution in [-0.2, 0) is 0 Å². The summed E-state index contributed by atoms with van der Waals surface area (Å²) in [5.74, 6) is 0. The lowest BCUT2D eigenvalue weighted by molar-refractivity contribution is -0.123. The normalized spacial score (nSPS) is 18.2. The van der Waals surface area contributed by atoms with Crippen molar-refractivity contribution in [3.05, 3.63) is 0 Å². The van der Waals surface area contributed by atoms with E-state index in [9.17, 15) is 18.0 Å². The van der Waals surface area contributed by atoms with Gasteiger partial charge in [-0.1, -0.05) is 0 Å². The minimum Gasteiger partial charge on any atom is -0.329 e. The number of urea groups is 1. The SMILES string of the molecule is CN(C(=O)NCC(F)(F)F)C1CCNCC1. The lowest BCUT2D eigenvalue weighted by Gasteiger charge is -2.31. The lowest BCUT2D eigenvalue weighted by atomic mass is 10.1. The number of carbonyl (C=O) groups excluding carboxylic acids is 1. The van der Waals surface area contributed by atoms with Gasteiger partial charge in [-0.05, 0) is 25.9 Å². The largest absolute Gasteiger partial charge is 0.405 e. The zero-order valence-electron chi connectivity index (χ0n) is 9.10. The van der Waals surface area contributed by atoms with Crippen molar-refractivity contribution in [2.45, 2.75) is 25.1 Å². The van der Waals surface area contributed by atoms with Crippen LogP contribution in [0.4, 0.5) is 18.0 Å². The molecule has 0 radical (unpaired) electrons. The molecule has 0 aromatic carbocycles. The van der Waals surface area contributed by atoms with E-state index in [0.717, 1.165) is 25.9 Å². The number of piperidine rings is 1. The highest BCUT2D eigenvalue weighted by atomic mass is 19.4. The maximum Gasteiger partial charge on any atom is 0.405 e. The topological polar surface area (TPSA) is 44.4 Å². The Kier molecular flexibility index (Phi) is 4.40. The average molecular weight is 239 g/mol. The smallest absolute Gasteiger partial charge is 0.329 e. The summed E-state index contributed by atoms with van der Waals surface area (Å²) in [6, 6.07) is -0.640. The van der Waals surface area contributed by atoms with Gasteiger partial charge in [0.05, 0.1) is 0 Å². The van der Waals surface area contributed by atoms with Crippen LogP contribution in [0, 0.1) is 0 Å². The maximum atomic E-state index is 11.9. The Morgan fingerprint density at radius 2 is 2.00 bits per heavy atom. The first-order valence-corrected chi connectivity index (χ1v) is 5.18. The summed E-state index contributed by atoms with van der Waals surface area (Å²) < 4.78 is 35.6. The zero-order valence-corrected chi connectivity index (χ0v) is 9.10. The number of hydrogen-bond acceptors (Lipinski definition) is 2. The van der Waals surface area contributed by atoms with Crippen LogP contribution in [0.2, 0.25) is 0 Å². The monoisotopic (exact) mass is 239 g/mol. The van der Waals surface area contributed by atoms with Gasteiger partial charge in [0.1, 0.15) is 6.54 Å². The fourth-order valence-corrected chi connectivity index (χ4v) is 1.66. The third-order valence-corrected chi connectivity index (χ3v) is 2.62. The van der Waals surface area contributed by atoms with Gasteiger partial charge in [0.2, 0.25) is 0 Å². The van der Waals surface area contributed by atoms with Crippen molar-refractivity contribution < 1.29 is 18.0 Å². The van der Waals surface area contributed by atoms with Gasteiger partial charge in [-0.2, -0.15) is 13.2 Å². The standard InChI is InChI=1S/C9H16F3N3O/c1-15(7-2-4-13-5-3-7)8(16)14-6-9(10,11)12/h7,13H,2-6H2,1H3,(H,14,16). The van der Waals surface area contributed by atoms with Gasteiger partial charge in [0.25, 0.3) is 0 Å². The highest BCUT2D eigenvalue weighted by molar-refractivity contribution is 5.74. The van der Waals surface area contributed by atoms with E-state index >= 15 is 0 Å². The van der Waals surface area contributed by atoms with E-state index in [1.165, 1.54) is 11.9 Å². The number of rotatable bonds is 2. The molecule has 2 amide bonds. The Morgan fingerprint density at radius 1 is 1.44 bits per heavy atom. The molecule has 0 atom stereocenters. The minimum atomic E-state index is -4.36. The number of halogens is 3. The number of hydrogen-bond donors (Lipinski definition) is 2. The Hall–Kier alpha value is -0.980. The van der Waals surface area contributed by atoms with Crippen LogP contribution in [0.3, 0.4) is 0 Å². The van der Waals surface area contributed by atoms with Crippen LogP contribution in [0.5, 0.6) is 0 Å². The third kappa shape index (κ3) is 4.26. The van der Waals surface area contributed by atoms with Crippen molar-refractivity contribution in [1.29, 1.82) is 0 Å². The quantitative estimate of drug-likeness (QED) is 0.753. The number of carbonyl (C=O) groups is 1. The molecule has 0 aliphatic carbocycles. The van der Waals surface area contributed by atoms with E-state index in [1.807, 2.05) is 5.32 Å². The molecule has 0 bridgehead atoms. The predicted molar refractivity (Wildman–Crippen MR) is 53.1 cm³/mol. The number of nitrogens with zero attached hydrogens (tertiary/aromatic N) is 1. The minimum absolute atomic E-state index is 0.0227. The highest BCUT2D eigenvalue weighted by Crippen LogP contribution is 2.13. The van der Waals surface area contributed by atoms with Crippen molar-refractivity contribution >= 4 is 6.03 Å². The fraction of sp³-hybridized carbons (Fsp3) is 0.889. The van der Waals surface area contributed by atoms with Gasteiger partial charge in [-0.25, -0.2) is 4.79 Å². The second kappa shape index (κ2) is 5.38. The molecule has 0 aromatic heterocycles. The second-order valence-electron chi connectivity index (χ2n) is 3.87. The summed E-state index contributed by atoms with van der Waals surface area (Å²) in [4.78, 5) is 12.7. The van der Waals surface area contributed by atoms with E-state index in [4.69, 9.17) is 0 Å². The molecule has 1 fully saturated rings. The Morgan fingerprint density at radius 3 is 2.50 bits per heavy atom. The maximum absolute atomic E-state index is 11.9. The molecule has 0 aromatic rings. The van der Waals surface area contributed by atoms with Gasteiger partial charge >= 0.3 is 12.2 Å². The second-order valence-corrected chi connectivity index (χ2v) is 3.87. The van der Waals surface area contributed by atoms with Crippen molar-refractivity contribution in [1.82, 2.24) is 15.5 Å². The summed E-state index contributed by atoms with van der Waals surface area (Å²) in [5.41, 5.74) is 0. The number of alkyl halides is 3. The van der Waals surface area contributed by atoms with Crippen molar-refractivity contribution in [2.75, 3.05) is 26.7 Å². The average Bonchev–Trinajstić information content (AvgIpc) is 2.25. The zero-order chi connectivity index (χ0) is 12.2. The van der Waals surface area contributed by atoms with E-state index in [-0.39, 0.29) is 6.04 Å². The predicted octanol–water partition coefficient (Wildman–Crippen LogP) is 0.942. The molecule has 94 valence electrons. The summed E-state index contributed by atoms with van der Waals surface area (Å²) in [5, 5.41) is 4.99. The van der Waals surface area contributed by atoms with Crippen LogP contribution in [0.15, 0.2) is 0 Å². The molecule has 1 rings (SSSR count). The van der Waals surface area contributed by atoms with Gasteiger partial charge in [0, 0.05) is 13.1 Å². The molecule has 0 saturated carbocycles. The van der Waals surface area contributed by atoms with E-state index in [2.05, 4.69) is 5.32 Å². The Bertz CT molecular complexity index is 239. The molecular formula is C9H16F3N3O. The van der Waals surface area contributed by atoms with E-state index in [0.29, 0.717) is 0 Å². The molecule has 4 nitrogen and oxygen atoms in total. The first kappa shape index (κ1) is 13.1. The molecule has 1 aliphatic heterocycles. The van der Waals surface area contributed by atoms with Gasteiger partial charge < -0.3 is 15.5 Å². The fourth-order valence-electron chi connectivity index (χ4n) is 1.66. The van der Waals surface area contributed by atoms with Crippen LogP contribution >= 0.6 is 0 Å². The molecule has 2 N–H and O–H groups in total. The van der Waals surface area contributed by atoms with Crippen LogP contribution in [-0.4, -0.2) is 49.8 Å². The van der Waals surface area contributed by atoms with Gasteiger partial charge in [-0.3, -0.25) is 0 Å². The van der Waals surface area contributed by atoms with Crippen molar-refractivity contribution in [3.8, 4) is 0 Å². The molecule has 16 heavy (non-hydrogen) atoms. The van der Waals surface area contributed by atoms with Gasteiger partial charge in [-0.15, -0.1) is 0 Å². The summed E-state index contributed by atoms with van der Waals surface area (Å²) in [6.07, 6.45) is -2.81.